The van der Waals surface area contributed by atoms with E-state index in [1.807, 2.05) is 12.1 Å². The molecule has 0 radical (unpaired) electrons. The van der Waals surface area contributed by atoms with Gasteiger partial charge in [0.25, 0.3) is 0 Å². The number of carbonyl (C=O) groups excluding carboxylic acids is 2. The van der Waals surface area contributed by atoms with Crippen molar-refractivity contribution in [1.29, 1.82) is 0 Å². The summed E-state index contributed by atoms with van der Waals surface area (Å²) in [5.41, 5.74) is 3.93. The van der Waals surface area contributed by atoms with Crippen molar-refractivity contribution in [3.05, 3.63) is 53.5 Å². The molecule has 2 rings (SSSR count). The van der Waals surface area contributed by atoms with Crippen molar-refractivity contribution in [2.45, 2.75) is 33.1 Å². The van der Waals surface area contributed by atoms with Gasteiger partial charge >= 0.3 is 11.8 Å². The predicted octanol–water partition coefficient (Wildman–Crippen LogP) is 3.02. The molecular weight excluding hydrogens is 306 g/mol. The smallest absolute Gasteiger partial charge is 0.329 e. The molecule has 6 heteroatoms. The summed E-state index contributed by atoms with van der Waals surface area (Å²) in [5, 5.41) is 6.22. The molecule has 2 aromatic rings. The van der Waals surface area contributed by atoms with Gasteiger partial charge in [0.05, 0.1) is 6.21 Å². The molecule has 2 N–H and O–H groups in total. The van der Waals surface area contributed by atoms with Crippen molar-refractivity contribution in [1.82, 2.24) is 5.43 Å². The fourth-order valence-corrected chi connectivity index (χ4v) is 2.05. The molecule has 0 saturated heterocycles. The first-order chi connectivity index (χ1) is 11.6. The Bertz CT molecular complexity index is 717. The summed E-state index contributed by atoms with van der Waals surface area (Å²) < 4.78 is 5.26. The number of hydrogen-bond acceptors (Lipinski definition) is 4. The average Bonchev–Trinajstić information content (AvgIpc) is 2.99. The highest BCUT2D eigenvalue weighted by molar-refractivity contribution is 6.39. The molecule has 0 unspecified atom stereocenters. The van der Waals surface area contributed by atoms with Crippen molar-refractivity contribution >= 4 is 23.7 Å². The number of nitrogens with zero attached hydrogens (tertiary/aromatic N) is 1. The van der Waals surface area contributed by atoms with E-state index in [2.05, 4.69) is 22.8 Å². The van der Waals surface area contributed by atoms with Crippen LogP contribution in [0.15, 0.2) is 45.9 Å². The molecule has 1 aromatic carbocycles. The van der Waals surface area contributed by atoms with Crippen molar-refractivity contribution in [3.63, 3.8) is 0 Å². The van der Waals surface area contributed by atoms with E-state index in [0.29, 0.717) is 11.4 Å². The second-order valence-corrected chi connectivity index (χ2v) is 5.40. The Kier molecular flexibility index (Phi) is 6.31. The number of aryl methyl sites for hydroxylation is 2. The Morgan fingerprint density at radius 2 is 1.88 bits per heavy atom. The number of amides is 2. The molecule has 6 nitrogen and oxygen atoms in total. The van der Waals surface area contributed by atoms with E-state index in [1.54, 1.807) is 31.2 Å². The van der Waals surface area contributed by atoms with Crippen molar-refractivity contribution < 1.29 is 14.0 Å². The molecule has 1 heterocycles. The molecule has 0 aliphatic heterocycles. The SMILES string of the molecule is CCCCc1ccc(NC(=O)C(=O)N/N=C\c2ccc(C)o2)cc1. The number of carbonyl (C=O) groups is 2. The molecular formula is C18H21N3O3. The molecule has 2 amide bonds. The molecule has 126 valence electrons. The molecule has 0 spiro atoms. The summed E-state index contributed by atoms with van der Waals surface area (Å²) in [6, 6.07) is 10.9. The van der Waals surface area contributed by atoms with Gasteiger partial charge in [-0.3, -0.25) is 9.59 Å². The minimum absolute atomic E-state index is 0.496. The molecule has 0 aliphatic rings. The highest BCUT2D eigenvalue weighted by Gasteiger charge is 2.12. The van der Waals surface area contributed by atoms with Crippen LogP contribution in [0.1, 0.15) is 36.8 Å². The van der Waals surface area contributed by atoms with Crippen molar-refractivity contribution in [3.8, 4) is 0 Å². The topological polar surface area (TPSA) is 83.7 Å². The second-order valence-electron chi connectivity index (χ2n) is 5.40. The minimum Gasteiger partial charge on any atom is -0.460 e. The van der Waals surface area contributed by atoms with E-state index >= 15 is 0 Å². The first kappa shape index (κ1) is 17.5. The third-order valence-electron chi connectivity index (χ3n) is 3.36. The summed E-state index contributed by atoms with van der Waals surface area (Å²) in [7, 11) is 0. The third-order valence-corrected chi connectivity index (χ3v) is 3.36. The van der Waals surface area contributed by atoms with Crippen LogP contribution < -0.4 is 10.7 Å². The quantitative estimate of drug-likeness (QED) is 0.486. The number of nitrogens with one attached hydrogen (secondary N) is 2. The zero-order valence-electron chi connectivity index (χ0n) is 13.8. The molecule has 1 aromatic heterocycles. The molecule has 0 atom stereocenters. The molecule has 24 heavy (non-hydrogen) atoms. The minimum atomic E-state index is -0.843. The summed E-state index contributed by atoms with van der Waals surface area (Å²) >= 11 is 0. The lowest BCUT2D eigenvalue weighted by Crippen LogP contribution is -2.32. The number of rotatable bonds is 6. The second kappa shape index (κ2) is 8.67. The van der Waals surface area contributed by atoms with Crippen LogP contribution in [0.25, 0.3) is 0 Å². The molecule has 0 saturated carbocycles. The van der Waals surface area contributed by atoms with E-state index in [-0.39, 0.29) is 0 Å². The van der Waals surface area contributed by atoms with Gasteiger partial charge in [-0.1, -0.05) is 25.5 Å². The lowest BCUT2D eigenvalue weighted by atomic mass is 10.1. The lowest BCUT2D eigenvalue weighted by Gasteiger charge is -2.05. The number of unbranched alkanes of at least 4 members (excludes halogenated alkanes) is 1. The van der Waals surface area contributed by atoms with Gasteiger partial charge in [0.15, 0.2) is 0 Å². The van der Waals surface area contributed by atoms with Gasteiger partial charge in [-0.05, 0) is 49.6 Å². The Morgan fingerprint density at radius 1 is 1.12 bits per heavy atom. The van der Waals surface area contributed by atoms with Crippen LogP contribution >= 0.6 is 0 Å². The molecule has 0 aliphatic carbocycles. The van der Waals surface area contributed by atoms with Crippen molar-refractivity contribution in [2.75, 3.05) is 5.32 Å². The number of hydrazone groups is 1. The maximum Gasteiger partial charge on any atom is 0.329 e. The van der Waals surface area contributed by atoms with Crippen LogP contribution in [0, 0.1) is 6.92 Å². The molecule has 0 bridgehead atoms. The molecule has 0 fully saturated rings. The first-order valence-electron chi connectivity index (χ1n) is 7.88. The van der Waals surface area contributed by atoms with Gasteiger partial charge in [-0.15, -0.1) is 0 Å². The Labute approximate surface area is 140 Å². The van der Waals surface area contributed by atoms with Gasteiger partial charge in [-0.25, -0.2) is 5.43 Å². The Hall–Kier alpha value is -2.89. The Balaban J connectivity index is 1.82. The summed E-state index contributed by atoms with van der Waals surface area (Å²) in [5.74, 6) is -0.382. The predicted molar refractivity (Wildman–Crippen MR) is 92.9 cm³/mol. The largest absolute Gasteiger partial charge is 0.460 e. The zero-order valence-corrected chi connectivity index (χ0v) is 13.8. The zero-order chi connectivity index (χ0) is 17.4. The number of benzene rings is 1. The standard InChI is InChI=1S/C18H21N3O3/c1-3-4-5-14-7-9-15(10-8-14)20-17(22)18(23)21-19-12-16-11-6-13(2)24-16/h6-12H,3-5H2,1-2H3,(H,20,22)(H,21,23)/b19-12-. The van der Waals surface area contributed by atoms with Crippen LogP contribution in [0.2, 0.25) is 0 Å². The van der Waals surface area contributed by atoms with E-state index in [4.69, 9.17) is 4.42 Å². The maximum atomic E-state index is 11.8. The van der Waals surface area contributed by atoms with Gasteiger partial charge < -0.3 is 9.73 Å². The summed E-state index contributed by atoms with van der Waals surface area (Å²) in [6.07, 6.45) is 4.60. The average molecular weight is 327 g/mol. The highest BCUT2D eigenvalue weighted by Crippen LogP contribution is 2.11. The van der Waals surface area contributed by atoms with Crippen LogP contribution in [-0.4, -0.2) is 18.0 Å². The van der Waals surface area contributed by atoms with Crippen LogP contribution in [0.5, 0.6) is 0 Å². The highest BCUT2D eigenvalue weighted by atomic mass is 16.3. The van der Waals surface area contributed by atoms with Gasteiger partial charge in [0.2, 0.25) is 0 Å². The van der Waals surface area contributed by atoms with Gasteiger partial charge in [0, 0.05) is 5.69 Å². The van der Waals surface area contributed by atoms with Gasteiger partial charge in [0.1, 0.15) is 11.5 Å². The fraction of sp³-hybridized carbons (Fsp3) is 0.278. The van der Waals surface area contributed by atoms with Crippen molar-refractivity contribution in [2.24, 2.45) is 5.10 Å². The number of anilines is 1. The Morgan fingerprint density at radius 3 is 2.50 bits per heavy atom. The van der Waals surface area contributed by atoms with Crippen LogP contribution in [0.4, 0.5) is 5.69 Å². The normalized spacial score (nSPS) is 10.8. The van der Waals surface area contributed by atoms with E-state index in [0.717, 1.165) is 25.0 Å². The lowest BCUT2D eigenvalue weighted by molar-refractivity contribution is -0.136. The van der Waals surface area contributed by atoms with E-state index in [9.17, 15) is 9.59 Å². The maximum absolute atomic E-state index is 11.8. The number of furan rings is 1. The fourth-order valence-electron chi connectivity index (χ4n) is 2.05. The monoisotopic (exact) mass is 327 g/mol. The van der Waals surface area contributed by atoms with Gasteiger partial charge in [-0.2, -0.15) is 5.10 Å². The van der Waals surface area contributed by atoms with Crippen LogP contribution in [0.3, 0.4) is 0 Å². The van der Waals surface area contributed by atoms with Crippen LogP contribution in [-0.2, 0) is 16.0 Å². The summed E-state index contributed by atoms with van der Waals surface area (Å²) in [6.45, 7) is 3.94. The van der Waals surface area contributed by atoms with E-state index < -0.39 is 11.8 Å². The third kappa shape index (κ3) is 5.39. The van der Waals surface area contributed by atoms with E-state index in [1.165, 1.54) is 11.8 Å². The number of hydrogen-bond donors (Lipinski definition) is 2. The summed E-state index contributed by atoms with van der Waals surface area (Å²) in [4.78, 5) is 23.5. The first-order valence-corrected chi connectivity index (χ1v) is 7.88.